The minimum absolute atomic E-state index is 0.869. The molecule has 20 heavy (non-hydrogen) atoms. The summed E-state index contributed by atoms with van der Waals surface area (Å²) in [7, 11) is 5.79. The molecule has 2 rings (SSSR count). The molecule has 112 valence electrons. The van der Waals surface area contributed by atoms with E-state index in [4.69, 9.17) is 7.85 Å². The van der Waals surface area contributed by atoms with Crippen LogP contribution in [0.1, 0.15) is 61.0 Å². The summed E-state index contributed by atoms with van der Waals surface area (Å²) in [6.07, 6.45) is 0. The molecule has 0 aliphatic carbocycles. The standard InChI is InChI=1S/C11H9B.4C2H6/c1-8-10-5-3-2-4-9(10)6-7-11(8)12;4*1-2/h2-7H,1H3;4*1-2H3. The lowest BCUT2D eigenvalue weighted by Gasteiger charge is -2.04. The first kappa shape index (κ1) is 23.8. The number of benzene rings is 2. The number of aryl methyl sites for hydroxylation is 1. The van der Waals surface area contributed by atoms with Crippen LogP contribution in [-0.2, 0) is 0 Å². The lowest BCUT2D eigenvalue weighted by molar-refractivity contribution is 1.50. The molecule has 2 aromatic rings. The fourth-order valence-corrected chi connectivity index (χ4v) is 1.44. The Morgan fingerprint density at radius 3 is 1.60 bits per heavy atom. The van der Waals surface area contributed by atoms with Gasteiger partial charge in [0.15, 0.2) is 0 Å². The van der Waals surface area contributed by atoms with Gasteiger partial charge < -0.3 is 0 Å². The van der Waals surface area contributed by atoms with Gasteiger partial charge in [-0.2, -0.15) is 0 Å². The van der Waals surface area contributed by atoms with E-state index in [1.165, 1.54) is 16.3 Å². The summed E-state index contributed by atoms with van der Waals surface area (Å²) in [4.78, 5) is 0. The summed E-state index contributed by atoms with van der Waals surface area (Å²) in [6, 6.07) is 12.3. The van der Waals surface area contributed by atoms with E-state index >= 15 is 0 Å². The average Bonchev–Trinajstić information content (AvgIpc) is 2.59. The van der Waals surface area contributed by atoms with Gasteiger partial charge in [-0.15, -0.1) is 0 Å². The molecule has 0 spiro atoms. The van der Waals surface area contributed by atoms with E-state index in [-0.39, 0.29) is 0 Å². The third kappa shape index (κ3) is 8.04. The van der Waals surface area contributed by atoms with Crippen LogP contribution < -0.4 is 5.46 Å². The summed E-state index contributed by atoms with van der Waals surface area (Å²) in [5.74, 6) is 0. The first-order chi connectivity index (χ1) is 9.79. The maximum atomic E-state index is 5.79. The van der Waals surface area contributed by atoms with Crippen molar-refractivity contribution in [1.29, 1.82) is 0 Å². The van der Waals surface area contributed by atoms with Crippen LogP contribution in [0.25, 0.3) is 10.8 Å². The normalized spacial score (nSPS) is 7.45. The quantitative estimate of drug-likeness (QED) is 0.512. The Kier molecular flexibility index (Phi) is 21.2. The highest BCUT2D eigenvalue weighted by atomic mass is 14.0. The Balaban J connectivity index is -0.000000314. The van der Waals surface area contributed by atoms with Gasteiger partial charge in [0.05, 0.1) is 0 Å². The third-order valence-electron chi connectivity index (χ3n) is 2.24. The van der Waals surface area contributed by atoms with Crippen LogP contribution in [0.2, 0.25) is 0 Å². The van der Waals surface area contributed by atoms with Gasteiger partial charge >= 0.3 is 0 Å². The smallest absolute Gasteiger partial charge is 0.0932 e. The topological polar surface area (TPSA) is 0 Å². The summed E-state index contributed by atoms with van der Waals surface area (Å²) in [6.45, 7) is 18.1. The fraction of sp³-hybridized carbons (Fsp3) is 0.474. The SMILES string of the molecule is CC.CC.CC.CC.[B]c1ccc2ccccc2c1C. The van der Waals surface area contributed by atoms with Crippen LogP contribution >= 0.6 is 0 Å². The predicted octanol–water partition coefficient (Wildman–Crippen LogP) is 6.05. The van der Waals surface area contributed by atoms with E-state index in [0.717, 1.165) is 5.46 Å². The van der Waals surface area contributed by atoms with Crippen molar-refractivity contribution in [1.82, 2.24) is 0 Å². The first-order valence-electron chi connectivity index (χ1n) is 8.03. The van der Waals surface area contributed by atoms with Crippen LogP contribution in [0.5, 0.6) is 0 Å². The number of hydrogen-bond acceptors (Lipinski definition) is 0. The van der Waals surface area contributed by atoms with E-state index in [1.807, 2.05) is 73.6 Å². The van der Waals surface area contributed by atoms with Gasteiger partial charge in [-0.05, 0) is 17.7 Å². The molecule has 0 atom stereocenters. The maximum Gasteiger partial charge on any atom is 0.114 e. The lowest BCUT2D eigenvalue weighted by Crippen LogP contribution is -2.06. The Hall–Kier alpha value is -1.24. The molecule has 0 saturated heterocycles. The largest absolute Gasteiger partial charge is 0.114 e. The van der Waals surface area contributed by atoms with Crippen molar-refractivity contribution in [3.05, 3.63) is 42.0 Å². The zero-order chi connectivity index (χ0) is 16.6. The highest BCUT2D eigenvalue weighted by Gasteiger charge is 1.96. The second kappa shape index (κ2) is 17.8. The van der Waals surface area contributed by atoms with Crippen molar-refractivity contribution < 1.29 is 0 Å². The summed E-state index contributed by atoms with van der Waals surface area (Å²) in [5.41, 5.74) is 2.04. The molecule has 1 heteroatoms. The molecule has 0 fully saturated rings. The van der Waals surface area contributed by atoms with Crippen molar-refractivity contribution >= 4 is 24.1 Å². The lowest BCUT2D eigenvalue weighted by atomic mass is 9.88. The van der Waals surface area contributed by atoms with Crippen molar-refractivity contribution in [2.75, 3.05) is 0 Å². The summed E-state index contributed by atoms with van der Waals surface area (Å²) < 4.78 is 0. The van der Waals surface area contributed by atoms with E-state index in [1.54, 1.807) is 0 Å². The molecule has 0 aromatic heterocycles. The van der Waals surface area contributed by atoms with Gasteiger partial charge in [-0.25, -0.2) is 0 Å². The van der Waals surface area contributed by atoms with Crippen molar-refractivity contribution in [2.45, 2.75) is 62.3 Å². The number of hydrogen-bond donors (Lipinski definition) is 0. The molecule has 0 saturated carbocycles. The zero-order valence-electron chi connectivity index (χ0n) is 15.0. The molecule has 0 aliphatic rings. The summed E-state index contributed by atoms with van der Waals surface area (Å²) >= 11 is 0. The van der Waals surface area contributed by atoms with Crippen LogP contribution in [0.3, 0.4) is 0 Å². The average molecular weight is 272 g/mol. The van der Waals surface area contributed by atoms with E-state index in [0.29, 0.717) is 0 Å². The molecule has 0 amide bonds. The van der Waals surface area contributed by atoms with Gasteiger partial charge in [-0.3, -0.25) is 0 Å². The summed E-state index contributed by atoms with van der Waals surface area (Å²) in [5, 5.41) is 2.50. The van der Waals surface area contributed by atoms with Gasteiger partial charge in [0, 0.05) is 0 Å². The van der Waals surface area contributed by atoms with Crippen molar-refractivity contribution in [3.63, 3.8) is 0 Å². The molecule has 0 unspecified atom stereocenters. The molecule has 0 N–H and O–H groups in total. The molecule has 2 radical (unpaired) electrons. The van der Waals surface area contributed by atoms with E-state index in [9.17, 15) is 0 Å². The molecular formula is C19H33B. The number of rotatable bonds is 0. The highest BCUT2D eigenvalue weighted by molar-refractivity contribution is 6.34. The molecule has 0 aliphatic heterocycles. The minimum atomic E-state index is 0.869. The van der Waals surface area contributed by atoms with Crippen LogP contribution in [0, 0.1) is 6.92 Å². The van der Waals surface area contributed by atoms with Crippen molar-refractivity contribution in [3.8, 4) is 0 Å². The van der Waals surface area contributed by atoms with Gasteiger partial charge in [-0.1, -0.05) is 103 Å². The highest BCUT2D eigenvalue weighted by Crippen LogP contribution is 2.15. The van der Waals surface area contributed by atoms with E-state index in [2.05, 4.69) is 25.1 Å². The van der Waals surface area contributed by atoms with Gasteiger partial charge in [0.25, 0.3) is 0 Å². The maximum absolute atomic E-state index is 5.79. The van der Waals surface area contributed by atoms with Crippen LogP contribution in [0.15, 0.2) is 36.4 Å². The van der Waals surface area contributed by atoms with Crippen molar-refractivity contribution in [2.24, 2.45) is 0 Å². The van der Waals surface area contributed by atoms with Gasteiger partial charge in [0.2, 0.25) is 0 Å². The van der Waals surface area contributed by atoms with Crippen LogP contribution in [0.4, 0.5) is 0 Å². The third-order valence-corrected chi connectivity index (χ3v) is 2.24. The molecule has 0 nitrogen and oxygen atoms in total. The monoisotopic (exact) mass is 272 g/mol. The molecule has 2 aromatic carbocycles. The van der Waals surface area contributed by atoms with Crippen LogP contribution in [-0.4, -0.2) is 7.85 Å². The molecular weight excluding hydrogens is 239 g/mol. The Morgan fingerprint density at radius 1 is 0.650 bits per heavy atom. The molecule has 0 heterocycles. The second-order valence-corrected chi connectivity index (χ2v) is 3.00. The predicted molar refractivity (Wildman–Crippen MR) is 99.5 cm³/mol. The second-order valence-electron chi connectivity index (χ2n) is 3.00. The fourth-order valence-electron chi connectivity index (χ4n) is 1.44. The first-order valence-corrected chi connectivity index (χ1v) is 8.03. The number of fused-ring (bicyclic) bond motifs is 1. The Bertz CT molecular complexity index is 419. The van der Waals surface area contributed by atoms with E-state index < -0.39 is 0 Å². The zero-order valence-corrected chi connectivity index (χ0v) is 15.0. The molecule has 0 bridgehead atoms. The van der Waals surface area contributed by atoms with Gasteiger partial charge in [0.1, 0.15) is 7.85 Å². The Morgan fingerprint density at radius 2 is 1.10 bits per heavy atom. The Labute approximate surface area is 129 Å². The minimum Gasteiger partial charge on any atom is -0.0932 e.